The van der Waals surface area contributed by atoms with E-state index in [1.54, 1.807) is 39.2 Å². The van der Waals surface area contributed by atoms with Gasteiger partial charge in [0, 0.05) is 12.6 Å². The van der Waals surface area contributed by atoms with Gasteiger partial charge >= 0.3 is 0 Å². The highest BCUT2D eigenvalue weighted by Gasteiger charge is 2.36. The molecule has 0 radical (unpaired) electrons. The Hall–Kier alpha value is -2.50. The molecule has 0 unspecified atom stereocenters. The summed E-state index contributed by atoms with van der Waals surface area (Å²) < 4.78 is 10.4. The molecule has 1 aromatic carbocycles. The number of ether oxygens (including phenoxy) is 2. The first-order valence-corrected chi connectivity index (χ1v) is 9.38. The van der Waals surface area contributed by atoms with Crippen LogP contribution in [0, 0.1) is 5.41 Å². The number of nitrogens with one attached hydrogen (secondary N) is 2. The van der Waals surface area contributed by atoms with Gasteiger partial charge in [-0.1, -0.05) is 11.6 Å². The molecule has 0 saturated carbocycles. The van der Waals surface area contributed by atoms with Crippen molar-refractivity contribution in [3.8, 4) is 11.5 Å². The van der Waals surface area contributed by atoms with Crippen molar-refractivity contribution in [2.75, 3.05) is 26.1 Å². The highest BCUT2D eigenvalue weighted by atomic mass is 16.5. The van der Waals surface area contributed by atoms with E-state index < -0.39 is 5.41 Å². The van der Waals surface area contributed by atoms with E-state index in [1.807, 2.05) is 0 Å². The third-order valence-corrected chi connectivity index (χ3v) is 4.91. The molecular formula is C21H30N2O4. The van der Waals surface area contributed by atoms with Crippen LogP contribution in [0.1, 0.15) is 46.0 Å². The molecule has 1 aromatic rings. The minimum absolute atomic E-state index is 0.288. The number of rotatable bonds is 8. The summed E-state index contributed by atoms with van der Waals surface area (Å²) >= 11 is 0. The number of benzene rings is 1. The van der Waals surface area contributed by atoms with Crippen molar-refractivity contribution in [1.82, 2.24) is 5.32 Å². The number of hydrogen-bond acceptors (Lipinski definition) is 4. The van der Waals surface area contributed by atoms with E-state index in [2.05, 4.69) is 16.7 Å². The number of anilines is 1. The standard InChI is InChI=1S/C21H30N2O4/c1-21(2,19(24)22-13-12-15-8-6-5-7-9-15)20(25)23-17-11-10-16(26-3)14-18(17)27-4/h8,10-11,14H,5-7,9,12-13H2,1-4H3,(H,22,24)(H,23,25). The van der Waals surface area contributed by atoms with E-state index in [-0.39, 0.29) is 11.8 Å². The molecule has 0 aliphatic heterocycles. The minimum atomic E-state index is -1.20. The largest absolute Gasteiger partial charge is 0.497 e. The van der Waals surface area contributed by atoms with E-state index in [0.29, 0.717) is 23.7 Å². The van der Waals surface area contributed by atoms with Gasteiger partial charge in [0.05, 0.1) is 19.9 Å². The second-order valence-electron chi connectivity index (χ2n) is 7.26. The molecule has 0 heterocycles. The molecule has 1 aliphatic rings. The molecule has 0 bridgehead atoms. The zero-order valence-electron chi connectivity index (χ0n) is 16.7. The summed E-state index contributed by atoms with van der Waals surface area (Å²) in [4.78, 5) is 25.2. The maximum Gasteiger partial charge on any atom is 0.239 e. The van der Waals surface area contributed by atoms with Gasteiger partial charge in [-0.3, -0.25) is 9.59 Å². The number of hydrogen-bond donors (Lipinski definition) is 2. The number of carbonyl (C=O) groups is 2. The molecular weight excluding hydrogens is 344 g/mol. The highest BCUT2D eigenvalue weighted by molar-refractivity contribution is 6.10. The van der Waals surface area contributed by atoms with E-state index in [0.717, 1.165) is 19.3 Å². The maximum atomic E-state index is 12.7. The Labute approximate surface area is 161 Å². The van der Waals surface area contributed by atoms with Gasteiger partial charge in [0.2, 0.25) is 11.8 Å². The summed E-state index contributed by atoms with van der Waals surface area (Å²) in [5, 5.41) is 5.67. The van der Waals surface area contributed by atoms with E-state index >= 15 is 0 Å². The topological polar surface area (TPSA) is 76.7 Å². The lowest BCUT2D eigenvalue weighted by Crippen LogP contribution is -2.45. The molecule has 0 spiro atoms. The van der Waals surface area contributed by atoms with Crippen LogP contribution < -0.4 is 20.1 Å². The number of methoxy groups -OCH3 is 2. The summed E-state index contributed by atoms with van der Waals surface area (Å²) in [6.07, 6.45) is 7.81. The lowest BCUT2D eigenvalue weighted by Gasteiger charge is -2.24. The molecule has 6 heteroatoms. The van der Waals surface area contributed by atoms with E-state index in [9.17, 15) is 9.59 Å². The Bertz CT molecular complexity index is 710. The molecule has 2 N–H and O–H groups in total. The van der Waals surface area contributed by atoms with Crippen LogP contribution in [0.4, 0.5) is 5.69 Å². The van der Waals surface area contributed by atoms with Crippen molar-refractivity contribution in [3.05, 3.63) is 29.8 Å². The van der Waals surface area contributed by atoms with Gasteiger partial charge in [0.15, 0.2) is 0 Å². The van der Waals surface area contributed by atoms with Crippen LogP contribution in [0.15, 0.2) is 29.8 Å². The minimum Gasteiger partial charge on any atom is -0.497 e. The molecule has 2 rings (SSSR count). The van der Waals surface area contributed by atoms with Crippen LogP contribution in [0.3, 0.4) is 0 Å². The second-order valence-corrected chi connectivity index (χ2v) is 7.26. The van der Waals surface area contributed by atoms with Gasteiger partial charge in [-0.2, -0.15) is 0 Å². The molecule has 6 nitrogen and oxygen atoms in total. The second kappa shape index (κ2) is 9.44. The Morgan fingerprint density at radius 2 is 1.89 bits per heavy atom. The van der Waals surface area contributed by atoms with Crippen molar-refractivity contribution >= 4 is 17.5 Å². The van der Waals surface area contributed by atoms with Gasteiger partial charge in [-0.25, -0.2) is 0 Å². The highest BCUT2D eigenvalue weighted by Crippen LogP contribution is 2.30. The lowest BCUT2D eigenvalue weighted by molar-refractivity contribution is -0.138. The van der Waals surface area contributed by atoms with Crippen LogP contribution in [-0.4, -0.2) is 32.6 Å². The SMILES string of the molecule is COc1ccc(NC(=O)C(C)(C)C(=O)NCCC2=CCCCC2)c(OC)c1. The fourth-order valence-electron chi connectivity index (χ4n) is 2.97. The Kier molecular flexibility index (Phi) is 7.28. The smallest absolute Gasteiger partial charge is 0.239 e. The van der Waals surface area contributed by atoms with E-state index in [1.165, 1.54) is 25.5 Å². The zero-order chi connectivity index (χ0) is 19.9. The lowest BCUT2D eigenvalue weighted by atomic mass is 9.90. The monoisotopic (exact) mass is 374 g/mol. The average molecular weight is 374 g/mol. The first-order chi connectivity index (χ1) is 12.9. The molecule has 0 saturated heterocycles. The predicted molar refractivity (Wildman–Crippen MR) is 106 cm³/mol. The molecule has 2 amide bonds. The van der Waals surface area contributed by atoms with E-state index in [4.69, 9.17) is 9.47 Å². The Morgan fingerprint density at radius 1 is 1.11 bits per heavy atom. The zero-order valence-corrected chi connectivity index (χ0v) is 16.7. The van der Waals surface area contributed by atoms with Gasteiger partial charge < -0.3 is 20.1 Å². The van der Waals surface area contributed by atoms with Crippen molar-refractivity contribution in [2.45, 2.75) is 46.0 Å². The fourth-order valence-corrected chi connectivity index (χ4v) is 2.97. The van der Waals surface area contributed by atoms with Crippen LogP contribution in [0.25, 0.3) is 0 Å². The van der Waals surface area contributed by atoms with Crippen LogP contribution >= 0.6 is 0 Å². The summed E-state index contributed by atoms with van der Waals surface area (Å²) in [6, 6.07) is 5.10. The average Bonchev–Trinajstić information content (AvgIpc) is 2.68. The van der Waals surface area contributed by atoms with Crippen molar-refractivity contribution in [3.63, 3.8) is 0 Å². The Morgan fingerprint density at radius 3 is 2.52 bits per heavy atom. The summed E-state index contributed by atoms with van der Waals surface area (Å²) in [5.74, 6) is 0.422. The molecule has 27 heavy (non-hydrogen) atoms. The van der Waals surface area contributed by atoms with Gasteiger partial charge in [0.25, 0.3) is 0 Å². The first kappa shape index (κ1) is 20.8. The number of allylic oxidation sites excluding steroid dienone is 1. The predicted octanol–water partition coefficient (Wildman–Crippen LogP) is 3.68. The summed E-state index contributed by atoms with van der Waals surface area (Å²) in [5.41, 5.74) is 0.689. The van der Waals surface area contributed by atoms with Gasteiger partial charge in [-0.05, 0) is 58.1 Å². The number of carbonyl (C=O) groups excluding carboxylic acids is 2. The van der Waals surface area contributed by atoms with Crippen molar-refractivity contribution in [2.24, 2.45) is 5.41 Å². The first-order valence-electron chi connectivity index (χ1n) is 9.38. The number of amides is 2. The molecule has 1 aliphatic carbocycles. The van der Waals surface area contributed by atoms with Crippen molar-refractivity contribution < 1.29 is 19.1 Å². The molecule has 148 valence electrons. The van der Waals surface area contributed by atoms with Crippen LogP contribution in [0.2, 0.25) is 0 Å². The maximum absolute atomic E-state index is 12.7. The van der Waals surface area contributed by atoms with Crippen molar-refractivity contribution in [1.29, 1.82) is 0 Å². The Balaban J connectivity index is 1.95. The molecule has 0 fully saturated rings. The van der Waals surface area contributed by atoms with Gasteiger partial charge in [-0.15, -0.1) is 0 Å². The molecule has 0 aromatic heterocycles. The fraction of sp³-hybridized carbons (Fsp3) is 0.524. The third kappa shape index (κ3) is 5.49. The molecule has 0 atom stereocenters. The quantitative estimate of drug-likeness (QED) is 0.538. The summed E-state index contributed by atoms with van der Waals surface area (Å²) in [7, 11) is 3.08. The summed E-state index contributed by atoms with van der Waals surface area (Å²) in [6.45, 7) is 3.79. The van der Waals surface area contributed by atoms with Crippen LogP contribution in [-0.2, 0) is 9.59 Å². The van der Waals surface area contributed by atoms with Crippen LogP contribution in [0.5, 0.6) is 11.5 Å². The normalized spacial score (nSPS) is 14.1. The third-order valence-electron chi connectivity index (χ3n) is 4.91. The van der Waals surface area contributed by atoms with Gasteiger partial charge in [0.1, 0.15) is 16.9 Å².